The molecule has 1 N–H and O–H groups in total. The van der Waals surface area contributed by atoms with Crippen molar-refractivity contribution in [1.82, 2.24) is 15.1 Å². The SMILES string of the molecule is C#CCN(C)C(=O)c1cn[nH]c1. The predicted molar refractivity (Wildman–Crippen MR) is 44.4 cm³/mol. The van der Waals surface area contributed by atoms with Crippen LogP contribution in [0.5, 0.6) is 0 Å². The molecule has 0 fully saturated rings. The maximum absolute atomic E-state index is 11.4. The summed E-state index contributed by atoms with van der Waals surface area (Å²) in [5.74, 6) is 2.26. The standard InChI is InChI=1S/C8H9N3O/c1-3-4-11(2)8(12)7-5-9-10-6-7/h1,5-6H,4H2,2H3,(H,9,10). The van der Waals surface area contributed by atoms with Gasteiger partial charge >= 0.3 is 0 Å². The number of terminal acetylenes is 1. The van der Waals surface area contributed by atoms with Crippen molar-refractivity contribution in [1.29, 1.82) is 0 Å². The summed E-state index contributed by atoms with van der Waals surface area (Å²) in [6.07, 6.45) is 8.06. The van der Waals surface area contributed by atoms with Crippen LogP contribution in [-0.2, 0) is 0 Å². The van der Waals surface area contributed by atoms with E-state index in [-0.39, 0.29) is 5.91 Å². The minimum atomic E-state index is -0.123. The zero-order valence-corrected chi connectivity index (χ0v) is 6.74. The molecule has 1 rings (SSSR count). The van der Waals surface area contributed by atoms with E-state index in [2.05, 4.69) is 16.1 Å². The zero-order valence-electron chi connectivity index (χ0n) is 6.74. The molecule has 1 aromatic heterocycles. The van der Waals surface area contributed by atoms with Crippen molar-refractivity contribution >= 4 is 5.91 Å². The number of aromatic nitrogens is 2. The molecule has 0 aliphatic rings. The van der Waals surface area contributed by atoms with Crippen LogP contribution in [0.4, 0.5) is 0 Å². The minimum Gasteiger partial charge on any atom is -0.330 e. The molecule has 0 aromatic carbocycles. The summed E-state index contributed by atoms with van der Waals surface area (Å²) in [6, 6.07) is 0. The minimum absolute atomic E-state index is 0.123. The normalized spacial score (nSPS) is 9.00. The van der Waals surface area contributed by atoms with Crippen LogP contribution in [0.15, 0.2) is 12.4 Å². The van der Waals surface area contributed by atoms with Crippen LogP contribution < -0.4 is 0 Å². The average molecular weight is 163 g/mol. The predicted octanol–water partition coefficient (Wildman–Crippen LogP) is 0.115. The molecule has 0 aliphatic carbocycles. The Balaban J connectivity index is 2.67. The van der Waals surface area contributed by atoms with Crippen LogP contribution in [0.25, 0.3) is 0 Å². The molecule has 62 valence electrons. The third-order valence-electron chi connectivity index (χ3n) is 1.42. The molecule has 0 saturated heterocycles. The van der Waals surface area contributed by atoms with Gasteiger partial charge in [-0.3, -0.25) is 9.89 Å². The molecule has 0 aliphatic heterocycles. The lowest BCUT2D eigenvalue weighted by Crippen LogP contribution is -2.26. The van der Waals surface area contributed by atoms with Crippen molar-refractivity contribution < 1.29 is 4.79 Å². The number of nitrogens with one attached hydrogen (secondary N) is 1. The highest BCUT2D eigenvalue weighted by atomic mass is 16.2. The van der Waals surface area contributed by atoms with Crippen LogP contribution >= 0.6 is 0 Å². The van der Waals surface area contributed by atoms with Gasteiger partial charge in [0.05, 0.1) is 18.3 Å². The second-order valence-corrected chi connectivity index (χ2v) is 2.35. The van der Waals surface area contributed by atoms with Crippen molar-refractivity contribution in [3.63, 3.8) is 0 Å². The van der Waals surface area contributed by atoms with Gasteiger partial charge in [0.25, 0.3) is 5.91 Å². The third kappa shape index (κ3) is 1.64. The molecule has 0 saturated carbocycles. The van der Waals surface area contributed by atoms with Gasteiger partial charge < -0.3 is 4.90 Å². The van der Waals surface area contributed by atoms with E-state index in [0.717, 1.165) is 0 Å². The lowest BCUT2D eigenvalue weighted by molar-refractivity contribution is 0.0812. The Kier molecular flexibility index (Phi) is 2.49. The van der Waals surface area contributed by atoms with E-state index in [1.807, 2.05) is 0 Å². The van der Waals surface area contributed by atoms with E-state index >= 15 is 0 Å². The van der Waals surface area contributed by atoms with E-state index in [4.69, 9.17) is 6.42 Å². The van der Waals surface area contributed by atoms with Crippen molar-refractivity contribution in [2.75, 3.05) is 13.6 Å². The van der Waals surface area contributed by atoms with Crippen molar-refractivity contribution in [2.24, 2.45) is 0 Å². The van der Waals surface area contributed by atoms with E-state index in [9.17, 15) is 4.79 Å². The Hall–Kier alpha value is -1.76. The van der Waals surface area contributed by atoms with Gasteiger partial charge in [-0.25, -0.2) is 0 Å². The number of H-pyrrole nitrogens is 1. The van der Waals surface area contributed by atoms with Gasteiger partial charge in [0, 0.05) is 13.2 Å². The second kappa shape index (κ2) is 3.58. The largest absolute Gasteiger partial charge is 0.330 e. The highest BCUT2D eigenvalue weighted by molar-refractivity contribution is 5.93. The number of hydrogen-bond donors (Lipinski definition) is 1. The molecule has 1 amide bonds. The molecule has 1 aromatic rings. The van der Waals surface area contributed by atoms with Crippen LogP contribution in [0.3, 0.4) is 0 Å². The fraction of sp³-hybridized carbons (Fsp3) is 0.250. The summed E-state index contributed by atoms with van der Waals surface area (Å²) >= 11 is 0. The summed E-state index contributed by atoms with van der Waals surface area (Å²) in [5.41, 5.74) is 0.521. The molecule has 0 bridgehead atoms. The first-order valence-corrected chi connectivity index (χ1v) is 3.43. The summed E-state index contributed by atoms with van der Waals surface area (Å²) in [4.78, 5) is 12.8. The van der Waals surface area contributed by atoms with Gasteiger partial charge in [-0.05, 0) is 0 Å². The van der Waals surface area contributed by atoms with E-state index < -0.39 is 0 Å². The molecule has 0 radical (unpaired) electrons. The lowest BCUT2D eigenvalue weighted by Gasteiger charge is -2.11. The van der Waals surface area contributed by atoms with Crippen LogP contribution in [0.2, 0.25) is 0 Å². The first-order valence-electron chi connectivity index (χ1n) is 3.43. The molecule has 0 unspecified atom stereocenters. The van der Waals surface area contributed by atoms with Crippen molar-refractivity contribution in [3.8, 4) is 12.3 Å². The van der Waals surface area contributed by atoms with E-state index in [0.29, 0.717) is 12.1 Å². The average Bonchev–Trinajstić information content (AvgIpc) is 2.55. The van der Waals surface area contributed by atoms with Gasteiger partial charge in [-0.2, -0.15) is 5.10 Å². The van der Waals surface area contributed by atoms with Gasteiger partial charge in [-0.15, -0.1) is 6.42 Å². The number of carbonyl (C=O) groups excluding carboxylic acids is 1. The van der Waals surface area contributed by atoms with Crippen LogP contribution in [0.1, 0.15) is 10.4 Å². The monoisotopic (exact) mass is 163 g/mol. The Morgan fingerprint density at radius 2 is 2.67 bits per heavy atom. The highest BCUT2D eigenvalue weighted by Gasteiger charge is 2.10. The Labute approximate surface area is 70.6 Å². The van der Waals surface area contributed by atoms with Crippen molar-refractivity contribution in [2.45, 2.75) is 0 Å². The zero-order chi connectivity index (χ0) is 8.97. The molecule has 4 heteroatoms. The van der Waals surface area contributed by atoms with Gasteiger partial charge in [0.15, 0.2) is 0 Å². The molecule has 4 nitrogen and oxygen atoms in total. The van der Waals surface area contributed by atoms with Gasteiger partial charge in [-0.1, -0.05) is 5.92 Å². The second-order valence-electron chi connectivity index (χ2n) is 2.35. The number of carbonyl (C=O) groups is 1. The Morgan fingerprint density at radius 3 is 3.17 bits per heavy atom. The van der Waals surface area contributed by atoms with Crippen LogP contribution in [-0.4, -0.2) is 34.6 Å². The fourth-order valence-corrected chi connectivity index (χ4v) is 0.797. The highest BCUT2D eigenvalue weighted by Crippen LogP contribution is 1.98. The molecule has 12 heavy (non-hydrogen) atoms. The smallest absolute Gasteiger partial charge is 0.257 e. The maximum Gasteiger partial charge on any atom is 0.257 e. The molecular weight excluding hydrogens is 154 g/mol. The van der Waals surface area contributed by atoms with Gasteiger partial charge in [0.2, 0.25) is 0 Å². The first-order chi connectivity index (χ1) is 5.75. The maximum atomic E-state index is 11.4. The summed E-state index contributed by atoms with van der Waals surface area (Å²) in [5, 5.41) is 6.22. The Morgan fingerprint density at radius 1 is 1.92 bits per heavy atom. The molecular formula is C8H9N3O. The topological polar surface area (TPSA) is 49.0 Å². The fourth-order valence-electron chi connectivity index (χ4n) is 0.797. The van der Waals surface area contributed by atoms with Crippen molar-refractivity contribution in [3.05, 3.63) is 18.0 Å². The number of aromatic amines is 1. The summed E-state index contributed by atoms with van der Waals surface area (Å²) in [7, 11) is 1.65. The summed E-state index contributed by atoms with van der Waals surface area (Å²) < 4.78 is 0. The van der Waals surface area contributed by atoms with Gasteiger partial charge in [0.1, 0.15) is 0 Å². The Bertz CT molecular complexity index is 297. The molecule has 1 heterocycles. The lowest BCUT2D eigenvalue weighted by atomic mass is 10.3. The molecule has 0 atom stereocenters. The molecule has 0 spiro atoms. The number of rotatable bonds is 2. The third-order valence-corrected chi connectivity index (χ3v) is 1.42. The number of hydrogen-bond acceptors (Lipinski definition) is 2. The van der Waals surface area contributed by atoms with Crippen LogP contribution in [0, 0.1) is 12.3 Å². The summed E-state index contributed by atoms with van der Waals surface area (Å²) in [6.45, 7) is 0.310. The number of amides is 1. The number of nitrogens with zero attached hydrogens (tertiary/aromatic N) is 2. The quantitative estimate of drug-likeness (QED) is 0.629. The van der Waals surface area contributed by atoms with E-state index in [1.165, 1.54) is 17.3 Å². The van der Waals surface area contributed by atoms with E-state index in [1.54, 1.807) is 7.05 Å². The first kappa shape index (κ1) is 8.34.